The number of amides is 2. The number of likely N-dealkylation sites (N-methyl/N-ethyl adjacent to an activating group) is 1. The van der Waals surface area contributed by atoms with Crippen LogP contribution in [0.2, 0.25) is 0 Å². The predicted molar refractivity (Wildman–Crippen MR) is 91.5 cm³/mol. The number of rotatable bonds is 6. The van der Waals surface area contributed by atoms with Crippen LogP contribution >= 0.6 is 11.8 Å². The Morgan fingerprint density at radius 2 is 2.09 bits per heavy atom. The van der Waals surface area contributed by atoms with Gasteiger partial charge in [-0.25, -0.2) is 0 Å². The molecule has 0 bridgehead atoms. The Kier molecular flexibility index (Phi) is 5.50. The fraction of sp³-hybridized carbons (Fsp3) is 0.294. The Labute approximate surface area is 139 Å². The lowest BCUT2D eigenvalue weighted by molar-refractivity contribution is -0.122. The van der Waals surface area contributed by atoms with Gasteiger partial charge in [-0.15, -0.1) is 6.58 Å². The molecular weight excluding hydrogens is 314 g/mol. The van der Waals surface area contributed by atoms with Gasteiger partial charge in [0.1, 0.15) is 0 Å². The molecule has 0 aliphatic carbocycles. The lowest BCUT2D eigenvalue weighted by Crippen LogP contribution is -2.27. The summed E-state index contributed by atoms with van der Waals surface area (Å²) in [6.07, 6.45) is 3.80. The molecule has 2 rings (SSSR count). The van der Waals surface area contributed by atoms with Gasteiger partial charge in [0, 0.05) is 12.1 Å². The summed E-state index contributed by atoms with van der Waals surface area (Å²) in [6, 6.07) is 3.42. The third kappa shape index (κ3) is 3.59. The molecule has 0 spiro atoms. The normalized spacial score (nSPS) is 16.3. The Bertz CT molecular complexity index is 681. The van der Waals surface area contributed by atoms with Gasteiger partial charge in [-0.1, -0.05) is 6.08 Å². The topological polar surface area (TPSA) is 66.8 Å². The van der Waals surface area contributed by atoms with Crippen molar-refractivity contribution in [2.24, 2.45) is 0 Å². The van der Waals surface area contributed by atoms with Crippen LogP contribution < -0.4 is 4.74 Å². The summed E-state index contributed by atoms with van der Waals surface area (Å²) in [5, 5.41) is 9.92. The highest BCUT2D eigenvalue weighted by Crippen LogP contribution is 2.36. The smallest absolute Gasteiger partial charge is 0.293 e. The highest BCUT2D eigenvalue weighted by molar-refractivity contribution is 8.18. The van der Waals surface area contributed by atoms with E-state index in [2.05, 4.69) is 6.58 Å². The summed E-state index contributed by atoms with van der Waals surface area (Å²) in [5.74, 6) is 0.136. The first-order chi connectivity index (χ1) is 11.0. The summed E-state index contributed by atoms with van der Waals surface area (Å²) in [5.41, 5.74) is 1.36. The van der Waals surface area contributed by atoms with E-state index in [1.54, 1.807) is 31.2 Å². The van der Waals surface area contributed by atoms with Crippen molar-refractivity contribution in [3.05, 3.63) is 40.8 Å². The van der Waals surface area contributed by atoms with Crippen LogP contribution in [0.3, 0.4) is 0 Å². The van der Waals surface area contributed by atoms with E-state index >= 15 is 0 Å². The van der Waals surface area contributed by atoms with E-state index in [9.17, 15) is 14.7 Å². The van der Waals surface area contributed by atoms with Gasteiger partial charge in [0.25, 0.3) is 11.1 Å². The van der Waals surface area contributed by atoms with Gasteiger partial charge in [-0.3, -0.25) is 14.5 Å². The molecular formula is C17H19NO4S. The molecule has 0 aromatic heterocycles. The van der Waals surface area contributed by atoms with Crippen molar-refractivity contribution in [2.45, 2.75) is 20.3 Å². The second-order valence-electron chi connectivity index (χ2n) is 4.88. The molecule has 6 heteroatoms. The SMILES string of the molecule is C=CCc1cc(/C=C2/SC(=O)N(CC)C2=O)cc(OCC)c1O. The molecule has 0 radical (unpaired) electrons. The van der Waals surface area contributed by atoms with Crippen molar-refractivity contribution < 1.29 is 19.4 Å². The summed E-state index contributed by atoms with van der Waals surface area (Å²) < 4.78 is 5.44. The molecule has 1 aromatic carbocycles. The molecule has 5 nitrogen and oxygen atoms in total. The van der Waals surface area contributed by atoms with Crippen LogP contribution in [0.4, 0.5) is 4.79 Å². The Hall–Kier alpha value is -2.21. The zero-order chi connectivity index (χ0) is 17.0. The Morgan fingerprint density at radius 1 is 1.35 bits per heavy atom. The lowest BCUT2D eigenvalue weighted by atomic mass is 10.1. The van der Waals surface area contributed by atoms with Gasteiger partial charge < -0.3 is 9.84 Å². The molecule has 1 aromatic rings. The lowest BCUT2D eigenvalue weighted by Gasteiger charge is -2.11. The largest absolute Gasteiger partial charge is 0.504 e. The van der Waals surface area contributed by atoms with Crippen molar-refractivity contribution in [3.8, 4) is 11.5 Å². The fourth-order valence-electron chi connectivity index (χ4n) is 2.27. The van der Waals surface area contributed by atoms with E-state index in [0.29, 0.717) is 41.4 Å². The molecule has 1 N–H and O–H groups in total. The number of aromatic hydroxyl groups is 1. The van der Waals surface area contributed by atoms with Crippen LogP contribution in [0.1, 0.15) is 25.0 Å². The van der Waals surface area contributed by atoms with Gasteiger partial charge in [0.15, 0.2) is 11.5 Å². The van der Waals surface area contributed by atoms with Gasteiger partial charge in [-0.2, -0.15) is 0 Å². The summed E-state index contributed by atoms with van der Waals surface area (Å²) >= 11 is 0.919. The molecule has 1 fully saturated rings. The number of imide groups is 1. The Morgan fingerprint density at radius 3 is 2.65 bits per heavy atom. The van der Waals surface area contributed by atoms with Crippen LogP contribution in [-0.4, -0.2) is 34.3 Å². The van der Waals surface area contributed by atoms with Crippen molar-refractivity contribution in [3.63, 3.8) is 0 Å². The number of phenols is 1. The Balaban J connectivity index is 2.43. The average molecular weight is 333 g/mol. The van der Waals surface area contributed by atoms with E-state index in [4.69, 9.17) is 4.74 Å². The minimum atomic E-state index is -0.293. The summed E-state index contributed by atoms with van der Waals surface area (Å²) in [7, 11) is 0. The first-order valence-electron chi connectivity index (χ1n) is 7.36. The van der Waals surface area contributed by atoms with E-state index in [0.717, 1.165) is 11.8 Å². The van der Waals surface area contributed by atoms with Crippen LogP contribution in [-0.2, 0) is 11.2 Å². The number of hydrogen-bond acceptors (Lipinski definition) is 5. The number of allylic oxidation sites excluding steroid dienone is 1. The van der Waals surface area contributed by atoms with Crippen molar-refractivity contribution in [2.75, 3.05) is 13.2 Å². The number of thioether (sulfide) groups is 1. The molecule has 0 saturated carbocycles. The van der Waals surface area contributed by atoms with E-state index in [1.807, 2.05) is 6.92 Å². The second kappa shape index (κ2) is 7.37. The van der Waals surface area contributed by atoms with Crippen LogP contribution in [0.5, 0.6) is 11.5 Å². The number of ether oxygens (including phenoxy) is 1. The number of phenolic OH excluding ortho intramolecular Hbond substituents is 1. The third-order valence-electron chi connectivity index (χ3n) is 3.33. The molecule has 0 unspecified atom stereocenters. The molecule has 1 aliphatic rings. The van der Waals surface area contributed by atoms with Gasteiger partial charge >= 0.3 is 0 Å². The fourth-order valence-corrected chi connectivity index (χ4v) is 3.18. The predicted octanol–water partition coefficient (Wildman–Crippen LogP) is 3.58. The second-order valence-corrected chi connectivity index (χ2v) is 5.87. The van der Waals surface area contributed by atoms with E-state index in [1.165, 1.54) is 4.90 Å². The number of carbonyl (C=O) groups excluding carboxylic acids is 2. The first-order valence-corrected chi connectivity index (χ1v) is 8.18. The van der Waals surface area contributed by atoms with Crippen LogP contribution in [0.25, 0.3) is 6.08 Å². The number of carbonyl (C=O) groups is 2. The minimum absolute atomic E-state index is 0.0746. The number of benzene rings is 1. The standard InChI is InChI=1S/C17H19NO4S/c1-4-7-12-8-11(9-13(15(12)19)22-6-3)10-14-16(20)18(5-2)17(21)23-14/h4,8-10,19H,1,5-7H2,2-3H3/b14-10+. The maximum absolute atomic E-state index is 12.2. The molecule has 122 valence electrons. The monoisotopic (exact) mass is 333 g/mol. The van der Waals surface area contributed by atoms with Gasteiger partial charge in [0.2, 0.25) is 0 Å². The maximum atomic E-state index is 12.2. The molecule has 1 aliphatic heterocycles. The highest BCUT2D eigenvalue weighted by Gasteiger charge is 2.33. The maximum Gasteiger partial charge on any atom is 0.293 e. The van der Waals surface area contributed by atoms with E-state index in [-0.39, 0.29) is 16.9 Å². The highest BCUT2D eigenvalue weighted by atomic mass is 32.2. The molecule has 1 heterocycles. The molecule has 1 saturated heterocycles. The summed E-state index contributed by atoms with van der Waals surface area (Å²) in [4.78, 5) is 25.5. The number of nitrogens with zero attached hydrogens (tertiary/aromatic N) is 1. The van der Waals surface area contributed by atoms with Crippen molar-refractivity contribution >= 4 is 29.0 Å². The van der Waals surface area contributed by atoms with Crippen LogP contribution in [0.15, 0.2) is 29.7 Å². The first kappa shape index (κ1) is 17.1. The van der Waals surface area contributed by atoms with Crippen molar-refractivity contribution in [1.82, 2.24) is 4.90 Å². The van der Waals surface area contributed by atoms with Crippen LogP contribution in [0, 0.1) is 0 Å². The van der Waals surface area contributed by atoms with Gasteiger partial charge in [-0.05, 0) is 55.8 Å². The molecule has 2 amide bonds. The third-order valence-corrected chi connectivity index (χ3v) is 4.24. The quantitative estimate of drug-likeness (QED) is 0.637. The summed E-state index contributed by atoms with van der Waals surface area (Å²) in [6.45, 7) is 8.02. The zero-order valence-electron chi connectivity index (χ0n) is 13.2. The molecule has 23 heavy (non-hydrogen) atoms. The van der Waals surface area contributed by atoms with Gasteiger partial charge in [0.05, 0.1) is 11.5 Å². The minimum Gasteiger partial charge on any atom is -0.504 e. The molecule has 0 atom stereocenters. The van der Waals surface area contributed by atoms with Crippen molar-refractivity contribution in [1.29, 1.82) is 0 Å². The average Bonchev–Trinajstić information content (AvgIpc) is 2.78. The van der Waals surface area contributed by atoms with E-state index < -0.39 is 0 Å². The number of hydrogen-bond donors (Lipinski definition) is 1. The zero-order valence-corrected chi connectivity index (χ0v) is 14.0.